The minimum Gasteiger partial charge on any atom is -0.497 e. The summed E-state index contributed by atoms with van der Waals surface area (Å²) in [5, 5.41) is 3.24. The molecule has 0 radical (unpaired) electrons. The molecule has 25 heavy (non-hydrogen) atoms. The number of methoxy groups -OCH3 is 1. The molecule has 1 amide bonds. The summed E-state index contributed by atoms with van der Waals surface area (Å²) in [7, 11) is 1.64. The van der Waals surface area contributed by atoms with Gasteiger partial charge in [-0.05, 0) is 49.2 Å². The second-order valence-corrected chi connectivity index (χ2v) is 5.88. The van der Waals surface area contributed by atoms with Crippen molar-refractivity contribution in [2.75, 3.05) is 38.7 Å². The summed E-state index contributed by atoms with van der Waals surface area (Å²) in [5.74, 6) is 1.62. The zero-order valence-corrected chi connectivity index (χ0v) is 14.4. The monoisotopic (exact) mass is 341 g/mol. The molecule has 6 heteroatoms. The van der Waals surface area contributed by atoms with E-state index in [2.05, 4.69) is 10.3 Å². The fourth-order valence-corrected chi connectivity index (χ4v) is 2.74. The van der Waals surface area contributed by atoms with Crippen LogP contribution in [0.4, 0.5) is 5.69 Å². The summed E-state index contributed by atoms with van der Waals surface area (Å²) in [6, 6.07) is 11.1. The number of anilines is 1. The zero-order valence-electron chi connectivity index (χ0n) is 14.4. The van der Waals surface area contributed by atoms with E-state index in [4.69, 9.17) is 9.47 Å². The molecule has 0 atom stereocenters. The summed E-state index contributed by atoms with van der Waals surface area (Å²) < 4.78 is 10.8. The number of hydrogen-bond donors (Lipinski definition) is 1. The first kappa shape index (κ1) is 17.1. The minimum atomic E-state index is 0.0203. The van der Waals surface area contributed by atoms with Crippen LogP contribution in [0.3, 0.4) is 0 Å². The van der Waals surface area contributed by atoms with Crippen molar-refractivity contribution in [2.24, 2.45) is 0 Å². The van der Waals surface area contributed by atoms with Gasteiger partial charge in [0.05, 0.1) is 19.0 Å². The number of aromatic nitrogens is 1. The van der Waals surface area contributed by atoms with Gasteiger partial charge in [-0.3, -0.25) is 4.79 Å². The van der Waals surface area contributed by atoms with Crippen LogP contribution in [-0.2, 0) is 0 Å². The van der Waals surface area contributed by atoms with E-state index in [1.807, 2.05) is 35.2 Å². The van der Waals surface area contributed by atoms with Gasteiger partial charge in [-0.2, -0.15) is 0 Å². The third kappa shape index (κ3) is 4.62. The highest BCUT2D eigenvalue weighted by Gasteiger charge is 2.20. The Morgan fingerprint density at radius 2 is 1.84 bits per heavy atom. The van der Waals surface area contributed by atoms with Crippen LogP contribution in [0.2, 0.25) is 0 Å². The molecule has 0 unspecified atom stereocenters. The maximum Gasteiger partial charge on any atom is 0.272 e. The van der Waals surface area contributed by atoms with Gasteiger partial charge < -0.3 is 19.7 Å². The highest BCUT2D eigenvalue weighted by molar-refractivity contribution is 5.92. The van der Waals surface area contributed by atoms with Crippen molar-refractivity contribution in [1.29, 1.82) is 0 Å². The molecule has 1 aliphatic heterocycles. The van der Waals surface area contributed by atoms with Gasteiger partial charge in [0.15, 0.2) is 0 Å². The van der Waals surface area contributed by atoms with Gasteiger partial charge in [-0.25, -0.2) is 4.98 Å². The molecule has 1 aliphatic rings. The van der Waals surface area contributed by atoms with Crippen molar-refractivity contribution >= 4 is 11.6 Å². The lowest BCUT2D eigenvalue weighted by atomic mass is 10.3. The van der Waals surface area contributed by atoms with Gasteiger partial charge in [0.1, 0.15) is 23.8 Å². The fraction of sp³-hybridized carbons (Fsp3) is 0.368. The van der Waals surface area contributed by atoms with Crippen LogP contribution >= 0.6 is 0 Å². The molecule has 132 valence electrons. The average Bonchev–Trinajstić information content (AvgIpc) is 3.20. The van der Waals surface area contributed by atoms with E-state index in [-0.39, 0.29) is 5.91 Å². The lowest BCUT2D eigenvalue weighted by Gasteiger charge is -2.14. The topological polar surface area (TPSA) is 63.7 Å². The van der Waals surface area contributed by atoms with Crippen LogP contribution in [0.5, 0.6) is 11.5 Å². The van der Waals surface area contributed by atoms with Crippen LogP contribution < -0.4 is 14.8 Å². The van der Waals surface area contributed by atoms with E-state index in [9.17, 15) is 4.79 Å². The van der Waals surface area contributed by atoms with Crippen LogP contribution in [0.25, 0.3) is 0 Å². The number of likely N-dealkylation sites (tertiary alicyclic amines) is 1. The molecule has 0 bridgehead atoms. The molecule has 6 nitrogen and oxygen atoms in total. The Labute approximate surface area is 147 Å². The molecule has 1 N–H and O–H groups in total. The highest BCUT2D eigenvalue weighted by atomic mass is 16.5. The van der Waals surface area contributed by atoms with E-state index in [1.54, 1.807) is 19.4 Å². The van der Waals surface area contributed by atoms with Crippen LogP contribution in [0.15, 0.2) is 42.6 Å². The van der Waals surface area contributed by atoms with Gasteiger partial charge in [-0.1, -0.05) is 0 Å². The molecule has 1 aromatic carbocycles. The smallest absolute Gasteiger partial charge is 0.272 e. The maximum atomic E-state index is 12.2. The highest BCUT2D eigenvalue weighted by Crippen LogP contribution is 2.17. The van der Waals surface area contributed by atoms with E-state index >= 15 is 0 Å². The summed E-state index contributed by atoms with van der Waals surface area (Å²) in [6.45, 7) is 2.85. The predicted molar refractivity (Wildman–Crippen MR) is 96.4 cm³/mol. The number of rotatable bonds is 7. The number of pyridine rings is 1. The molecule has 1 fully saturated rings. The van der Waals surface area contributed by atoms with E-state index in [1.165, 1.54) is 0 Å². The van der Waals surface area contributed by atoms with Crippen molar-refractivity contribution in [1.82, 2.24) is 9.88 Å². The van der Waals surface area contributed by atoms with Gasteiger partial charge in [-0.15, -0.1) is 0 Å². The van der Waals surface area contributed by atoms with Crippen molar-refractivity contribution in [3.05, 3.63) is 48.3 Å². The molecular formula is C19H23N3O3. The van der Waals surface area contributed by atoms with E-state index in [0.717, 1.165) is 43.1 Å². The fourth-order valence-electron chi connectivity index (χ4n) is 2.74. The molecular weight excluding hydrogens is 318 g/mol. The lowest BCUT2D eigenvalue weighted by molar-refractivity contribution is 0.0787. The Morgan fingerprint density at radius 1 is 1.12 bits per heavy atom. The Balaban J connectivity index is 1.43. The third-order valence-electron chi connectivity index (χ3n) is 4.14. The Hall–Kier alpha value is -2.76. The summed E-state index contributed by atoms with van der Waals surface area (Å²) in [4.78, 5) is 18.4. The second-order valence-electron chi connectivity index (χ2n) is 5.88. The Bertz CT molecular complexity index is 680. The molecule has 0 saturated carbocycles. The molecule has 1 aromatic heterocycles. The van der Waals surface area contributed by atoms with Gasteiger partial charge >= 0.3 is 0 Å². The number of carbonyl (C=O) groups excluding carboxylic acids is 1. The zero-order chi connectivity index (χ0) is 17.5. The quantitative estimate of drug-likeness (QED) is 0.785. The molecule has 1 saturated heterocycles. The van der Waals surface area contributed by atoms with Crippen LogP contribution in [-0.4, -0.2) is 49.1 Å². The molecule has 2 aromatic rings. The molecule has 2 heterocycles. The largest absolute Gasteiger partial charge is 0.497 e. The third-order valence-corrected chi connectivity index (χ3v) is 4.14. The van der Waals surface area contributed by atoms with Crippen LogP contribution in [0.1, 0.15) is 23.3 Å². The number of hydrogen-bond acceptors (Lipinski definition) is 5. The average molecular weight is 341 g/mol. The molecule has 3 rings (SSSR count). The SMILES string of the molecule is COc1ccc(OCCNc2ccc(C(=O)N3CCCC3)nc2)cc1. The normalized spacial score (nSPS) is 13.6. The maximum absolute atomic E-state index is 12.2. The number of benzene rings is 1. The number of nitrogens with one attached hydrogen (secondary N) is 1. The van der Waals surface area contributed by atoms with Gasteiger partial charge in [0.2, 0.25) is 0 Å². The summed E-state index contributed by atoms with van der Waals surface area (Å²) in [6.07, 6.45) is 3.86. The Kier molecular flexibility index (Phi) is 5.72. The van der Waals surface area contributed by atoms with Gasteiger partial charge in [0, 0.05) is 19.6 Å². The summed E-state index contributed by atoms with van der Waals surface area (Å²) in [5.41, 5.74) is 1.37. The van der Waals surface area contributed by atoms with Crippen molar-refractivity contribution in [3.8, 4) is 11.5 Å². The standard InChI is InChI=1S/C19H23N3O3/c1-24-16-5-7-17(8-6-16)25-13-10-20-15-4-9-18(21-14-15)19(23)22-11-2-3-12-22/h4-9,14,20H,2-3,10-13H2,1H3. The molecule has 0 aliphatic carbocycles. The molecule has 0 spiro atoms. The number of carbonyl (C=O) groups is 1. The predicted octanol–water partition coefficient (Wildman–Crippen LogP) is 2.82. The second kappa shape index (κ2) is 8.37. The number of amides is 1. The van der Waals surface area contributed by atoms with Crippen molar-refractivity contribution < 1.29 is 14.3 Å². The lowest BCUT2D eigenvalue weighted by Crippen LogP contribution is -2.28. The minimum absolute atomic E-state index is 0.0203. The number of nitrogens with zero attached hydrogens (tertiary/aromatic N) is 2. The first-order chi connectivity index (χ1) is 12.3. The number of ether oxygens (including phenoxy) is 2. The van der Waals surface area contributed by atoms with E-state index < -0.39 is 0 Å². The summed E-state index contributed by atoms with van der Waals surface area (Å²) >= 11 is 0. The van der Waals surface area contributed by atoms with Gasteiger partial charge in [0.25, 0.3) is 5.91 Å². The van der Waals surface area contributed by atoms with Crippen molar-refractivity contribution in [2.45, 2.75) is 12.8 Å². The first-order valence-corrected chi connectivity index (χ1v) is 8.52. The Morgan fingerprint density at radius 3 is 2.48 bits per heavy atom. The first-order valence-electron chi connectivity index (χ1n) is 8.52. The van der Waals surface area contributed by atoms with Crippen LogP contribution in [0, 0.1) is 0 Å². The van der Waals surface area contributed by atoms with Crippen molar-refractivity contribution in [3.63, 3.8) is 0 Å². The van der Waals surface area contributed by atoms with E-state index in [0.29, 0.717) is 18.8 Å².